The molecule has 1 aliphatic rings. The standard InChI is InChI=1S/C13H21NO2/c1-11(12-3-7-16-9-12)14-10-13(4-5-13)6-8-15-2/h3,7,9,11,14H,4-6,8,10H2,1-2H3. The van der Waals surface area contributed by atoms with Crippen LogP contribution in [0.2, 0.25) is 0 Å². The van der Waals surface area contributed by atoms with Gasteiger partial charge >= 0.3 is 0 Å². The minimum absolute atomic E-state index is 0.374. The monoisotopic (exact) mass is 223 g/mol. The largest absolute Gasteiger partial charge is 0.472 e. The average Bonchev–Trinajstić information content (AvgIpc) is 2.85. The molecule has 2 rings (SSSR count). The predicted octanol–water partition coefficient (Wildman–Crippen LogP) is 2.75. The second-order valence-electron chi connectivity index (χ2n) is 4.90. The van der Waals surface area contributed by atoms with Crippen LogP contribution >= 0.6 is 0 Å². The first-order valence-electron chi connectivity index (χ1n) is 6.00. The second kappa shape index (κ2) is 5.02. The number of nitrogens with one attached hydrogen (secondary N) is 1. The molecule has 1 heterocycles. The van der Waals surface area contributed by atoms with Gasteiger partial charge in [0, 0.05) is 31.9 Å². The van der Waals surface area contributed by atoms with Crippen molar-refractivity contribution in [3.63, 3.8) is 0 Å². The molecule has 16 heavy (non-hydrogen) atoms. The van der Waals surface area contributed by atoms with E-state index in [4.69, 9.17) is 9.15 Å². The number of hydrogen-bond acceptors (Lipinski definition) is 3. The van der Waals surface area contributed by atoms with Gasteiger partial charge in [-0.3, -0.25) is 0 Å². The van der Waals surface area contributed by atoms with Crippen molar-refractivity contribution in [2.24, 2.45) is 5.41 Å². The van der Waals surface area contributed by atoms with E-state index in [1.165, 1.54) is 24.8 Å². The fourth-order valence-corrected chi connectivity index (χ4v) is 2.02. The van der Waals surface area contributed by atoms with Gasteiger partial charge in [-0.15, -0.1) is 0 Å². The van der Waals surface area contributed by atoms with E-state index >= 15 is 0 Å². The number of hydrogen-bond donors (Lipinski definition) is 1. The first-order chi connectivity index (χ1) is 7.76. The highest BCUT2D eigenvalue weighted by molar-refractivity contribution is 5.10. The van der Waals surface area contributed by atoms with Crippen LogP contribution in [0.3, 0.4) is 0 Å². The van der Waals surface area contributed by atoms with Crippen LogP contribution in [-0.4, -0.2) is 20.3 Å². The third-order valence-electron chi connectivity index (χ3n) is 3.62. The van der Waals surface area contributed by atoms with Gasteiger partial charge in [0.15, 0.2) is 0 Å². The lowest BCUT2D eigenvalue weighted by Crippen LogP contribution is -2.27. The fourth-order valence-electron chi connectivity index (χ4n) is 2.02. The van der Waals surface area contributed by atoms with Gasteiger partial charge < -0.3 is 14.5 Å². The van der Waals surface area contributed by atoms with Crippen molar-refractivity contribution >= 4 is 0 Å². The Morgan fingerprint density at radius 2 is 2.38 bits per heavy atom. The highest BCUT2D eigenvalue weighted by Crippen LogP contribution is 2.48. The van der Waals surface area contributed by atoms with E-state index < -0.39 is 0 Å². The Hall–Kier alpha value is -0.800. The molecule has 1 saturated carbocycles. The Kier molecular flexibility index (Phi) is 3.66. The molecule has 1 N–H and O–H groups in total. The highest BCUT2D eigenvalue weighted by atomic mass is 16.5. The molecule has 1 aliphatic carbocycles. The minimum Gasteiger partial charge on any atom is -0.472 e. The quantitative estimate of drug-likeness (QED) is 0.771. The first-order valence-corrected chi connectivity index (χ1v) is 6.00. The fraction of sp³-hybridized carbons (Fsp3) is 0.692. The summed E-state index contributed by atoms with van der Waals surface area (Å²) in [6, 6.07) is 2.39. The zero-order valence-electron chi connectivity index (χ0n) is 10.2. The highest BCUT2D eigenvalue weighted by Gasteiger charge is 2.41. The molecule has 0 bridgehead atoms. The molecule has 90 valence electrons. The van der Waals surface area contributed by atoms with Gasteiger partial charge in [-0.2, -0.15) is 0 Å². The van der Waals surface area contributed by atoms with Gasteiger partial charge in [0.05, 0.1) is 12.5 Å². The molecule has 1 fully saturated rings. The summed E-state index contributed by atoms with van der Waals surface area (Å²) in [5.41, 5.74) is 1.73. The van der Waals surface area contributed by atoms with E-state index in [-0.39, 0.29) is 0 Å². The summed E-state index contributed by atoms with van der Waals surface area (Å²) in [6.45, 7) is 4.14. The molecule has 0 saturated heterocycles. The van der Waals surface area contributed by atoms with E-state index in [9.17, 15) is 0 Å². The van der Waals surface area contributed by atoms with Crippen LogP contribution < -0.4 is 5.32 Å². The summed E-state index contributed by atoms with van der Waals surface area (Å²) in [4.78, 5) is 0. The van der Waals surface area contributed by atoms with E-state index in [1.54, 1.807) is 13.4 Å². The molecule has 0 spiro atoms. The summed E-state index contributed by atoms with van der Waals surface area (Å²) in [7, 11) is 1.78. The summed E-state index contributed by atoms with van der Waals surface area (Å²) < 4.78 is 10.2. The Morgan fingerprint density at radius 1 is 1.56 bits per heavy atom. The number of ether oxygens (including phenoxy) is 1. The van der Waals surface area contributed by atoms with E-state index in [2.05, 4.69) is 12.2 Å². The molecular weight excluding hydrogens is 202 g/mol. The van der Waals surface area contributed by atoms with E-state index in [0.29, 0.717) is 11.5 Å². The second-order valence-corrected chi connectivity index (χ2v) is 4.90. The Bertz CT molecular complexity index is 304. The third kappa shape index (κ3) is 2.86. The van der Waals surface area contributed by atoms with Gasteiger partial charge in [0.25, 0.3) is 0 Å². The van der Waals surface area contributed by atoms with Crippen molar-refractivity contribution < 1.29 is 9.15 Å². The Labute approximate surface area is 97.2 Å². The Morgan fingerprint density at radius 3 is 2.94 bits per heavy atom. The maximum atomic E-state index is 5.15. The zero-order chi connectivity index (χ0) is 11.4. The maximum absolute atomic E-state index is 5.15. The van der Waals surface area contributed by atoms with Crippen LogP contribution in [0.4, 0.5) is 0 Å². The van der Waals surface area contributed by atoms with Crippen LogP contribution in [0.5, 0.6) is 0 Å². The maximum Gasteiger partial charge on any atom is 0.0950 e. The normalized spacial score (nSPS) is 19.6. The van der Waals surface area contributed by atoms with Gasteiger partial charge in [-0.05, 0) is 37.7 Å². The summed E-state index contributed by atoms with van der Waals surface area (Å²) in [5, 5.41) is 3.58. The smallest absolute Gasteiger partial charge is 0.0950 e. The molecule has 1 unspecified atom stereocenters. The van der Waals surface area contributed by atoms with Crippen LogP contribution in [0.1, 0.15) is 37.8 Å². The molecule has 3 heteroatoms. The molecule has 0 aromatic carbocycles. The first kappa shape index (κ1) is 11.7. The van der Waals surface area contributed by atoms with Crippen LogP contribution in [0.15, 0.2) is 23.0 Å². The molecule has 1 aromatic rings. The lowest BCUT2D eigenvalue weighted by atomic mass is 10.0. The molecule has 3 nitrogen and oxygen atoms in total. The van der Waals surface area contributed by atoms with Crippen molar-refractivity contribution in [3.05, 3.63) is 24.2 Å². The number of furan rings is 1. The Balaban J connectivity index is 1.75. The van der Waals surface area contributed by atoms with Crippen molar-refractivity contribution in [3.8, 4) is 0 Å². The summed E-state index contributed by atoms with van der Waals surface area (Å²) in [6.07, 6.45) is 7.38. The molecule has 0 amide bonds. The van der Waals surface area contributed by atoms with Gasteiger partial charge in [-0.25, -0.2) is 0 Å². The molecule has 0 aliphatic heterocycles. The summed E-state index contributed by atoms with van der Waals surface area (Å²) >= 11 is 0. The topological polar surface area (TPSA) is 34.4 Å². The molecule has 0 radical (unpaired) electrons. The predicted molar refractivity (Wildman–Crippen MR) is 63.3 cm³/mol. The minimum atomic E-state index is 0.374. The van der Waals surface area contributed by atoms with Gasteiger partial charge in [0.1, 0.15) is 0 Å². The van der Waals surface area contributed by atoms with Crippen LogP contribution in [0.25, 0.3) is 0 Å². The number of methoxy groups -OCH3 is 1. The van der Waals surface area contributed by atoms with E-state index in [0.717, 1.165) is 13.2 Å². The van der Waals surface area contributed by atoms with Crippen LogP contribution in [0, 0.1) is 5.41 Å². The molecular formula is C13H21NO2. The van der Waals surface area contributed by atoms with Gasteiger partial charge in [0.2, 0.25) is 0 Å². The van der Waals surface area contributed by atoms with Crippen molar-refractivity contribution in [2.75, 3.05) is 20.3 Å². The van der Waals surface area contributed by atoms with Gasteiger partial charge in [-0.1, -0.05) is 0 Å². The van der Waals surface area contributed by atoms with Crippen molar-refractivity contribution in [1.29, 1.82) is 0 Å². The molecule has 1 aromatic heterocycles. The molecule has 1 atom stereocenters. The lowest BCUT2D eigenvalue weighted by molar-refractivity contribution is 0.170. The van der Waals surface area contributed by atoms with Crippen molar-refractivity contribution in [2.45, 2.75) is 32.2 Å². The van der Waals surface area contributed by atoms with E-state index in [1.807, 2.05) is 12.3 Å². The lowest BCUT2D eigenvalue weighted by Gasteiger charge is -2.19. The average molecular weight is 223 g/mol. The zero-order valence-corrected chi connectivity index (χ0v) is 10.2. The van der Waals surface area contributed by atoms with Crippen molar-refractivity contribution in [1.82, 2.24) is 5.32 Å². The third-order valence-corrected chi connectivity index (χ3v) is 3.62. The summed E-state index contributed by atoms with van der Waals surface area (Å²) in [5.74, 6) is 0. The SMILES string of the molecule is COCCC1(CNC(C)c2ccoc2)CC1. The van der Waals surface area contributed by atoms with Crippen LogP contribution in [-0.2, 0) is 4.74 Å². The number of rotatable bonds is 7.